The molecule has 3 aromatic rings. The van der Waals surface area contributed by atoms with E-state index >= 15 is 0 Å². The van der Waals surface area contributed by atoms with Crippen molar-refractivity contribution in [2.75, 3.05) is 17.8 Å². The molecule has 1 aliphatic heterocycles. The molecule has 2 heterocycles. The van der Waals surface area contributed by atoms with E-state index in [4.69, 9.17) is 9.47 Å². The van der Waals surface area contributed by atoms with E-state index in [1.165, 1.54) is 16.4 Å². The van der Waals surface area contributed by atoms with Crippen molar-refractivity contribution >= 4 is 29.3 Å². The van der Waals surface area contributed by atoms with Gasteiger partial charge < -0.3 is 9.47 Å². The summed E-state index contributed by atoms with van der Waals surface area (Å²) in [6.45, 7) is 5.65. The third kappa shape index (κ3) is 4.41. The molecule has 0 bridgehead atoms. The van der Waals surface area contributed by atoms with Crippen molar-refractivity contribution in [3.63, 3.8) is 0 Å². The molecule has 0 saturated carbocycles. The molecule has 35 heavy (non-hydrogen) atoms. The monoisotopic (exact) mass is 495 g/mol. The van der Waals surface area contributed by atoms with Crippen LogP contribution in [-0.2, 0) is 9.59 Å². The fourth-order valence-electron chi connectivity index (χ4n) is 4.09. The molecular formula is C25H27N4O5S+. The van der Waals surface area contributed by atoms with Gasteiger partial charge in [-0.25, -0.2) is 4.90 Å². The van der Waals surface area contributed by atoms with Crippen LogP contribution in [0.15, 0.2) is 52.4 Å². The first kappa shape index (κ1) is 24.5. The number of benzene rings is 2. The molecule has 10 heteroatoms. The number of thioether (sulfide) groups is 1. The number of hydrogen-bond acceptors (Lipinski definition) is 7. The van der Waals surface area contributed by atoms with E-state index in [0.29, 0.717) is 40.0 Å². The summed E-state index contributed by atoms with van der Waals surface area (Å²) in [6, 6.07) is 12.4. The minimum Gasteiger partial charge on any atom is -0.490 e. The predicted octanol–water partition coefficient (Wildman–Crippen LogP) is 3.46. The second-order valence-electron chi connectivity index (χ2n) is 7.70. The average Bonchev–Trinajstić information content (AvgIpc) is 2.88. The lowest BCUT2D eigenvalue weighted by atomic mass is 10.00. The molecule has 0 spiro atoms. The highest BCUT2D eigenvalue weighted by Gasteiger charge is 2.47. The lowest BCUT2D eigenvalue weighted by Crippen LogP contribution is -2.61. The zero-order chi connectivity index (χ0) is 25.1. The van der Waals surface area contributed by atoms with Crippen LogP contribution in [-0.4, -0.2) is 34.8 Å². The van der Waals surface area contributed by atoms with E-state index in [1.54, 1.807) is 55.3 Å². The second-order valence-corrected chi connectivity index (χ2v) is 8.49. The van der Waals surface area contributed by atoms with Gasteiger partial charge in [0.1, 0.15) is 0 Å². The molecule has 1 amide bonds. The number of hydrogen-bond donors (Lipinski definition) is 1. The fourth-order valence-corrected chi connectivity index (χ4v) is 4.45. The third-order valence-corrected chi connectivity index (χ3v) is 6.18. The standard InChI is InChI=1S/C25H26N4O5S/c1-5-19(30)28-17-13-9-8-11-15(17)21-23(32)26-25(35-4)27-29(21)24(28)16-12-10-14-18(33-7-3)22(16)34-20(31)6-2/h8-14,24H,5-7H2,1-4H3/p+1. The quantitative estimate of drug-likeness (QED) is 0.232. The highest BCUT2D eigenvalue weighted by atomic mass is 32.2. The van der Waals surface area contributed by atoms with Crippen LogP contribution in [0.4, 0.5) is 5.69 Å². The molecule has 1 atom stereocenters. The van der Waals surface area contributed by atoms with Crippen LogP contribution in [0.25, 0.3) is 11.3 Å². The maximum Gasteiger partial charge on any atom is 0.325 e. The summed E-state index contributed by atoms with van der Waals surface area (Å²) >= 11 is 1.28. The molecule has 1 unspecified atom stereocenters. The van der Waals surface area contributed by atoms with Crippen molar-refractivity contribution in [3.05, 3.63) is 58.4 Å². The molecule has 1 aliphatic rings. The number of nitrogens with zero attached hydrogens (tertiary/aromatic N) is 3. The van der Waals surface area contributed by atoms with Crippen LogP contribution in [0.3, 0.4) is 0 Å². The minimum atomic E-state index is -0.888. The van der Waals surface area contributed by atoms with Crippen LogP contribution < -0.4 is 24.6 Å². The minimum absolute atomic E-state index is 0.156. The number of rotatable bonds is 7. The Labute approximate surface area is 207 Å². The van der Waals surface area contributed by atoms with Crippen molar-refractivity contribution in [1.29, 1.82) is 0 Å². The van der Waals surface area contributed by atoms with E-state index < -0.39 is 12.1 Å². The lowest BCUT2D eigenvalue weighted by molar-refractivity contribution is -0.763. The molecule has 182 valence electrons. The molecular weight excluding hydrogens is 468 g/mol. The number of esters is 1. The molecule has 9 nitrogen and oxygen atoms in total. The van der Waals surface area contributed by atoms with Gasteiger partial charge in [0.15, 0.2) is 11.5 Å². The van der Waals surface area contributed by atoms with E-state index in [9.17, 15) is 14.4 Å². The van der Waals surface area contributed by atoms with Gasteiger partial charge in [0.05, 0.1) is 23.4 Å². The summed E-state index contributed by atoms with van der Waals surface area (Å²) in [5, 5.41) is 5.07. The maximum atomic E-state index is 13.4. The first-order chi connectivity index (χ1) is 16.9. The number of fused-ring (bicyclic) bond motifs is 3. The summed E-state index contributed by atoms with van der Waals surface area (Å²) in [5.41, 5.74) is 1.60. The Morgan fingerprint density at radius 1 is 1.11 bits per heavy atom. The zero-order valence-electron chi connectivity index (χ0n) is 20.0. The van der Waals surface area contributed by atoms with Crippen LogP contribution in [0.5, 0.6) is 11.5 Å². The normalized spacial score (nSPS) is 14.2. The number of anilines is 1. The van der Waals surface area contributed by atoms with Crippen LogP contribution in [0.1, 0.15) is 45.3 Å². The summed E-state index contributed by atoms with van der Waals surface area (Å²) in [4.78, 5) is 43.5. The lowest BCUT2D eigenvalue weighted by Gasteiger charge is -2.32. The number of carbonyl (C=O) groups is 2. The van der Waals surface area contributed by atoms with Crippen LogP contribution in [0.2, 0.25) is 0 Å². The maximum absolute atomic E-state index is 13.4. The number of amides is 1. The van der Waals surface area contributed by atoms with Gasteiger partial charge in [-0.3, -0.25) is 19.4 Å². The number of H-pyrrole nitrogens is 1. The topological polar surface area (TPSA) is 105 Å². The van der Waals surface area contributed by atoms with E-state index in [1.807, 2.05) is 19.1 Å². The molecule has 0 radical (unpaired) electrons. The molecule has 0 fully saturated rings. The van der Waals surface area contributed by atoms with Crippen molar-refractivity contribution in [1.82, 2.24) is 10.1 Å². The number of carbonyl (C=O) groups excluding carboxylic acids is 2. The number of para-hydroxylation sites is 2. The Morgan fingerprint density at radius 2 is 1.89 bits per heavy atom. The Balaban J connectivity index is 2.09. The Kier molecular flexibility index (Phi) is 7.20. The number of aromatic nitrogens is 3. The SMILES string of the molecule is CCOc1cccc(C2N(C(=O)CC)c3ccccc3-c3c(=O)[nH]c(SC)n[n+]32)c1OC(=O)CC. The highest BCUT2D eigenvalue weighted by molar-refractivity contribution is 7.98. The summed E-state index contributed by atoms with van der Waals surface area (Å²) in [7, 11) is 0. The number of ether oxygens (including phenoxy) is 2. The molecule has 1 aromatic heterocycles. The van der Waals surface area contributed by atoms with Gasteiger partial charge in [-0.2, -0.15) is 0 Å². The van der Waals surface area contributed by atoms with Crippen molar-refractivity contribution < 1.29 is 23.7 Å². The van der Waals surface area contributed by atoms with Gasteiger partial charge in [0, 0.05) is 17.9 Å². The number of nitrogens with one attached hydrogen (secondary N) is 1. The van der Waals surface area contributed by atoms with E-state index in [2.05, 4.69) is 10.1 Å². The van der Waals surface area contributed by atoms with Crippen LogP contribution in [0, 0.1) is 0 Å². The summed E-state index contributed by atoms with van der Waals surface area (Å²) < 4.78 is 13.1. The molecule has 0 saturated heterocycles. The molecule has 2 aromatic carbocycles. The highest BCUT2D eigenvalue weighted by Crippen LogP contribution is 2.42. The van der Waals surface area contributed by atoms with Gasteiger partial charge in [0.25, 0.3) is 6.17 Å². The Hall–Kier alpha value is -3.66. The smallest absolute Gasteiger partial charge is 0.325 e. The fraction of sp³-hybridized carbons (Fsp3) is 0.320. The van der Waals surface area contributed by atoms with Gasteiger partial charge in [-0.1, -0.05) is 43.8 Å². The third-order valence-electron chi connectivity index (χ3n) is 5.61. The second kappa shape index (κ2) is 10.3. The van der Waals surface area contributed by atoms with Gasteiger partial charge >= 0.3 is 17.2 Å². The van der Waals surface area contributed by atoms with Gasteiger partial charge in [-0.05, 0) is 42.1 Å². The van der Waals surface area contributed by atoms with Crippen LogP contribution >= 0.6 is 11.8 Å². The summed E-state index contributed by atoms with van der Waals surface area (Å²) in [6.07, 6.45) is 1.29. The average molecular weight is 496 g/mol. The molecule has 4 rings (SSSR count). The first-order valence-corrected chi connectivity index (χ1v) is 12.6. The molecule has 1 N–H and O–H groups in total. The van der Waals surface area contributed by atoms with Gasteiger partial charge in [0.2, 0.25) is 11.1 Å². The molecule has 0 aliphatic carbocycles. The predicted molar refractivity (Wildman–Crippen MR) is 132 cm³/mol. The number of aromatic amines is 1. The first-order valence-electron chi connectivity index (χ1n) is 11.4. The van der Waals surface area contributed by atoms with E-state index in [0.717, 1.165) is 0 Å². The zero-order valence-corrected chi connectivity index (χ0v) is 20.8. The summed E-state index contributed by atoms with van der Waals surface area (Å²) in [5.74, 6) is -0.0582. The van der Waals surface area contributed by atoms with Crippen molar-refractivity contribution in [3.8, 4) is 22.8 Å². The van der Waals surface area contributed by atoms with Gasteiger partial charge in [-0.15, -0.1) is 0 Å². The Morgan fingerprint density at radius 3 is 2.57 bits per heavy atom. The largest absolute Gasteiger partial charge is 0.490 e. The van der Waals surface area contributed by atoms with E-state index in [-0.39, 0.29) is 30.1 Å². The Bertz CT molecular complexity index is 1340. The van der Waals surface area contributed by atoms with Crippen molar-refractivity contribution in [2.45, 2.75) is 44.9 Å². The van der Waals surface area contributed by atoms with Crippen molar-refractivity contribution in [2.24, 2.45) is 0 Å².